The maximum absolute atomic E-state index is 11.6. The molecule has 1 fully saturated rings. The quantitative estimate of drug-likeness (QED) is 0.509. The van der Waals surface area contributed by atoms with Crippen LogP contribution in [0.25, 0.3) is 6.08 Å². The number of hydrogen-bond donors (Lipinski definition) is 0. The molecule has 1 aromatic rings. The molecule has 76 valence electrons. The fraction of sp³-hybridized carbons (Fsp3) is 0.167. The van der Waals surface area contributed by atoms with Crippen LogP contribution in [0.2, 0.25) is 0 Å². The third-order valence-corrected chi connectivity index (χ3v) is 2.44. The topological polar surface area (TPSA) is 37.4 Å². The lowest BCUT2D eigenvalue weighted by molar-refractivity contribution is -0.135. The van der Waals surface area contributed by atoms with Gasteiger partial charge in [0.1, 0.15) is 0 Å². The summed E-state index contributed by atoms with van der Waals surface area (Å²) in [7, 11) is 1.51. The summed E-state index contributed by atoms with van der Waals surface area (Å²) in [6.07, 6.45) is 1.98. The number of nitrogens with zero attached hydrogens (tertiary/aromatic N) is 1. The van der Waals surface area contributed by atoms with E-state index in [2.05, 4.69) is 0 Å². The summed E-state index contributed by atoms with van der Waals surface area (Å²) in [5.74, 6) is -0.328. The van der Waals surface area contributed by atoms with E-state index in [1.165, 1.54) is 7.05 Å². The number of amides is 2. The van der Waals surface area contributed by atoms with Gasteiger partial charge in [-0.15, -0.1) is 0 Å². The van der Waals surface area contributed by atoms with Gasteiger partial charge in [-0.3, -0.25) is 14.5 Å². The third-order valence-electron chi connectivity index (χ3n) is 2.44. The van der Waals surface area contributed by atoms with Crippen molar-refractivity contribution in [3.8, 4) is 0 Å². The Kier molecular flexibility index (Phi) is 2.37. The van der Waals surface area contributed by atoms with E-state index < -0.39 is 0 Å². The molecule has 1 aliphatic rings. The predicted molar refractivity (Wildman–Crippen MR) is 56.8 cm³/mol. The number of likely N-dealkylation sites (tertiary alicyclic amines) is 1. The van der Waals surface area contributed by atoms with E-state index in [4.69, 9.17) is 0 Å². The summed E-state index contributed by atoms with van der Waals surface area (Å²) in [4.78, 5) is 24.0. The highest BCUT2D eigenvalue weighted by Gasteiger charge is 2.30. The first kappa shape index (κ1) is 9.65. The molecule has 0 radical (unpaired) electrons. The van der Waals surface area contributed by atoms with Gasteiger partial charge in [0, 0.05) is 12.6 Å². The molecule has 0 N–H and O–H groups in total. The van der Waals surface area contributed by atoms with E-state index in [0.29, 0.717) is 5.57 Å². The van der Waals surface area contributed by atoms with Gasteiger partial charge in [0.25, 0.3) is 5.91 Å². The van der Waals surface area contributed by atoms with Crippen molar-refractivity contribution in [1.29, 1.82) is 0 Å². The van der Waals surface area contributed by atoms with Crippen molar-refractivity contribution in [3.05, 3.63) is 41.5 Å². The van der Waals surface area contributed by atoms with Crippen molar-refractivity contribution in [2.45, 2.75) is 6.42 Å². The minimum atomic E-state index is -0.191. The zero-order valence-electron chi connectivity index (χ0n) is 8.43. The van der Waals surface area contributed by atoms with E-state index >= 15 is 0 Å². The Balaban J connectivity index is 2.30. The average Bonchev–Trinajstić information content (AvgIpc) is 2.48. The molecule has 2 amide bonds. The van der Waals surface area contributed by atoms with Gasteiger partial charge >= 0.3 is 0 Å². The van der Waals surface area contributed by atoms with Crippen molar-refractivity contribution in [1.82, 2.24) is 4.90 Å². The molecule has 3 nitrogen and oxygen atoms in total. The molecule has 0 saturated carbocycles. The number of carbonyl (C=O) groups excluding carboxylic acids is 2. The summed E-state index contributed by atoms with van der Waals surface area (Å²) in [6.45, 7) is 0. The molecule has 0 atom stereocenters. The Morgan fingerprint density at radius 3 is 2.40 bits per heavy atom. The highest BCUT2D eigenvalue weighted by atomic mass is 16.2. The molecule has 15 heavy (non-hydrogen) atoms. The van der Waals surface area contributed by atoms with E-state index in [9.17, 15) is 9.59 Å². The third kappa shape index (κ3) is 1.81. The van der Waals surface area contributed by atoms with Crippen molar-refractivity contribution >= 4 is 17.9 Å². The van der Waals surface area contributed by atoms with Gasteiger partial charge in [-0.25, -0.2) is 0 Å². The Morgan fingerprint density at radius 1 is 1.20 bits per heavy atom. The number of rotatable bonds is 1. The van der Waals surface area contributed by atoms with Crippen molar-refractivity contribution in [2.75, 3.05) is 7.05 Å². The zero-order valence-corrected chi connectivity index (χ0v) is 8.43. The van der Waals surface area contributed by atoms with Crippen LogP contribution in [0.1, 0.15) is 12.0 Å². The molecule has 0 unspecified atom stereocenters. The highest BCUT2D eigenvalue weighted by Crippen LogP contribution is 2.19. The highest BCUT2D eigenvalue weighted by molar-refractivity contribution is 6.15. The number of imide groups is 1. The van der Waals surface area contributed by atoms with Gasteiger partial charge in [0.15, 0.2) is 0 Å². The summed E-state index contributed by atoms with van der Waals surface area (Å²) in [6, 6.07) is 9.52. The van der Waals surface area contributed by atoms with Crippen LogP contribution in [0.4, 0.5) is 0 Å². The molecule has 3 heteroatoms. The lowest BCUT2D eigenvalue weighted by atomic mass is 10.1. The second-order valence-corrected chi connectivity index (χ2v) is 3.51. The second kappa shape index (κ2) is 3.69. The van der Waals surface area contributed by atoms with Crippen molar-refractivity contribution < 1.29 is 9.59 Å². The Bertz CT molecular complexity index is 434. The summed E-state index contributed by atoms with van der Waals surface area (Å²) in [5.41, 5.74) is 1.51. The van der Waals surface area contributed by atoms with Crippen LogP contribution < -0.4 is 0 Å². The van der Waals surface area contributed by atoms with Crippen LogP contribution in [-0.2, 0) is 9.59 Å². The molecule has 1 aromatic carbocycles. The van der Waals surface area contributed by atoms with Crippen molar-refractivity contribution in [3.63, 3.8) is 0 Å². The lowest BCUT2D eigenvalue weighted by Gasteiger charge is -2.02. The van der Waals surface area contributed by atoms with Crippen molar-refractivity contribution in [2.24, 2.45) is 0 Å². The van der Waals surface area contributed by atoms with Crippen LogP contribution in [0.5, 0.6) is 0 Å². The summed E-state index contributed by atoms with van der Waals surface area (Å²) >= 11 is 0. The molecule has 1 saturated heterocycles. The summed E-state index contributed by atoms with van der Waals surface area (Å²) < 4.78 is 0. The first-order valence-corrected chi connectivity index (χ1v) is 4.75. The zero-order chi connectivity index (χ0) is 10.8. The molecular formula is C12H11NO2. The van der Waals surface area contributed by atoms with Crippen LogP contribution in [0, 0.1) is 0 Å². The van der Waals surface area contributed by atoms with Gasteiger partial charge in [0.2, 0.25) is 5.91 Å². The molecule has 2 rings (SSSR count). The van der Waals surface area contributed by atoms with Gasteiger partial charge in [-0.05, 0) is 11.6 Å². The van der Waals surface area contributed by atoms with E-state index in [0.717, 1.165) is 10.5 Å². The molecule has 0 aromatic heterocycles. The Labute approximate surface area is 88.0 Å². The predicted octanol–water partition coefficient (Wildman–Crippen LogP) is 1.46. The van der Waals surface area contributed by atoms with Gasteiger partial charge in [-0.1, -0.05) is 30.3 Å². The molecular weight excluding hydrogens is 190 g/mol. The first-order chi connectivity index (χ1) is 7.18. The van der Waals surface area contributed by atoms with Gasteiger partial charge < -0.3 is 0 Å². The standard InChI is InChI=1S/C12H11NO2/c1-13-11(14)8-10(12(13)15)7-9-5-3-2-4-6-9/h2-7H,8H2,1H3/b10-7+. The van der Waals surface area contributed by atoms with Gasteiger partial charge in [0.05, 0.1) is 6.42 Å². The van der Waals surface area contributed by atoms with E-state index in [-0.39, 0.29) is 18.2 Å². The maximum Gasteiger partial charge on any atom is 0.256 e. The van der Waals surface area contributed by atoms with Crippen LogP contribution in [0.15, 0.2) is 35.9 Å². The number of carbonyl (C=O) groups is 2. The Morgan fingerprint density at radius 2 is 1.87 bits per heavy atom. The average molecular weight is 201 g/mol. The number of likely N-dealkylation sites (N-methyl/N-ethyl adjacent to an activating group) is 1. The lowest BCUT2D eigenvalue weighted by Crippen LogP contribution is -2.23. The van der Waals surface area contributed by atoms with Crippen LogP contribution >= 0.6 is 0 Å². The molecule has 1 heterocycles. The molecule has 0 aliphatic carbocycles. The molecule has 0 bridgehead atoms. The second-order valence-electron chi connectivity index (χ2n) is 3.51. The Hall–Kier alpha value is -1.90. The normalized spacial score (nSPS) is 19.0. The van der Waals surface area contributed by atoms with E-state index in [1.807, 2.05) is 30.3 Å². The fourth-order valence-electron chi connectivity index (χ4n) is 1.55. The SMILES string of the molecule is CN1C(=O)C/C(=C\c2ccccc2)C1=O. The van der Waals surface area contributed by atoms with Gasteiger partial charge in [-0.2, -0.15) is 0 Å². The molecule has 1 aliphatic heterocycles. The monoisotopic (exact) mass is 201 g/mol. The minimum absolute atomic E-state index is 0.137. The number of hydrogen-bond acceptors (Lipinski definition) is 2. The smallest absolute Gasteiger partial charge is 0.256 e. The number of benzene rings is 1. The van der Waals surface area contributed by atoms with E-state index in [1.54, 1.807) is 6.08 Å². The largest absolute Gasteiger partial charge is 0.282 e. The van der Waals surface area contributed by atoms with Crippen LogP contribution in [-0.4, -0.2) is 23.8 Å². The fourth-order valence-corrected chi connectivity index (χ4v) is 1.55. The van der Waals surface area contributed by atoms with Crippen LogP contribution in [0.3, 0.4) is 0 Å². The first-order valence-electron chi connectivity index (χ1n) is 4.75. The maximum atomic E-state index is 11.6. The summed E-state index contributed by atoms with van der Waals surface area (Å²) in [5, 5.41) is 0. The molecule has 0 spiro atoms. The minimum Gasteiger partial charge on any atom is -0.282 e.